The molecule has 1 saturated heterocycles. The summed E-state index contributed by atoms with van der Waals surface area (Å²) in [5, 5.41) is 0. The maximum absolute atomic E-state index is 12.3. The molecule has 3 rings (SSSR count). The van der Waals surface area contributed by atoms with Gasteiger partial charge in [0.2, 0.25) is 5.91 Å². The lowest BCUT2D eigenvalue weighted by molar-refractivity contribution is -0.139. The molecule has 1 heterocycles. The molecule has 0 aromatic heterocycles. The van der Waals surface area contributed by atoms with Crippen molar-refractivity contribution in [3.05, 3.63) is 0 Å². The Kier molecular flexibility index (Phi) is 3.57. The number of fused-ring (bicyclic) bond motifs is 2. The molecule has 0 aromatic carbocycles. The number of carbonyl (C=O) groups is 1. The molecule has 3 fully saturated rings. The van der Waals surface area contributed by atoms with Gasteiger partial charge in [0, 0.05) is 26.1 Å². The molecule has 4 heteroatoms. The minimum atomic E-state index is 0.0442. The van der Waals surface area contributed by atoms with E-state index in [1.54, 1.807) is 0 Å². The predicted octanol–water partition coefficient (Wildman–Crippen LogP) is 0.999. The summed E-state index contributed by atoms with van der Waals surface area (Å²) in [5.74, 6) is 2.75. The van der Waals surface area contributed by atoms with Crippen LogP contribution in [0.4, 0.5) is 0 Å². The number of amides is 1. The minimum Gasteiger partial charge on any atom is -0.373 e. The molecule has 2 aliphatic carbocycles. The van der Waals surface area contributed by atoms with Crippen LogP contribution in [0.5, 0.6) is 0 Å². The second-order valence-electron chi connectivity index (χ2n) is 6.21. The first kappa shape index (κ1) is 12.4. The highest BCUT2D eigenvalue weighted by Gasteiger charge is 2.40. The van der Waals surface area contributed by atoms with E-state index in [0.717, 1.165) is 24.8 Å². The van der Waals surface area contributed by atoms with Gasteiger partial charge in [0.25, 0.3) is 0 Å². The van der Waals surface area contributed by atoms with Crippen molar-refractivity contribution in [3.63, 3.8) is 0 Å². The first-order chi connectivity index (χ1) is 8.76. The van der Waals surface area contributed by atoms with E-state index in [0.29, 0.717) is 31.5 Å². The Labute approximate surface area is 109 Å². The zero-order valence-corrected chi connectivity index (χ0v) is 11.0. The van der Waals surface area contributed by atoms with E-state index in [1.165, 1.54) is 25.7 Å². The van der Waals surface area contributed by atoms with Gasteiger partial charge in [0.15, 0.2) is 0 Å². The van der Waals surface area contributed by atoms with Crippen LogP contribution in [0.1, 0.15) is 32.1 Å². The van der Waals surface area contributed by atoms with Gasteiger partial charge in [-0.1, -0.05) is 6.42 Å². The van der Waals surface area contributed by atoms with Gasteiger partial charge in [0.05, 0.1) is 12.7 Å². The molecule has 4 nitrogen and oxygen atoms in total. The molecule has 102 valence electrons. The summed E-state index contributed by atoms with van der Waals surface area (Å²) in [7, 11) is 0. The molecule has 4 atom stereocenters. The lowest BCUT2D eigenvalue weighted by Gasteiger charge is -2.33. The van der Waals surface area contributed by atoms with Crippen LogP contribution < -0.4 is 5.73 Å². The van der Waals surface area contributed by atoms with E-state index in [2.05, 4.69) is 0 Å². The molecule has 2 saturated carbocycles. The van der Waals surface area contributed by atoms with Crippen LogP contribution in [-0.2, 0) is 9.53 Å². The Hall–Kier alpha value is -0.610. The van der Waals surface area contributed by atoms with Crippen LogP contribution in [0.15, 0.2) is 0 Å². The Balaban J connectivity index is 1.52. The number of rotatable bonds is 3. The SMILES string of the molecule is NCC1CN(C(=O)CC2CC3CCC2C3)CCO1. The highest BCUT2D eigenvalue weighted by Crippen LogP contribution is 2.49. The Morgan fingerprint density at radius 1 is 1.33 bits per heavy atom. The topological polar surface area (TPSA) is 55.6 Å². The van der Waals surface area contributed by atoms with E-state index in [1.807, 2.05) is 4.90 Å². The Morgan fingerprint density at radius 3 is 2.89 bits per heavy atom. The fraction of sp³-hybridized carbons (Fsp3) is 0.929. The van der Waals surface area contributed by atoms with E-state index in [-0.39, 0.29) is 6.10 Å². The van der Waals surface area contributed by atoms with Crippen molar-refractivity contribution in [1.82, 2.24) is 4.90 Å². The zero-order valence-electron chi connectivity index (χ0n) is 11.0. The Bertz CT molecular complexity index is 321. The van der Waals surface area contributed by atoms with Gasteiger partial charge >= 0.3 is 0 Å². The first-order valence-corrected chi connectivity index (χ1v) is 7.35. The fourth-order valence-electron chi connectivity index (χ4n) is 4.07. The maximum atomic E-state index is 12.3. The van der Waals surface area contributed by atoms with Gasteiger partial charge in [-0.25, -0.2) is 0 Å². The third kappa shape index (κ3) is 2.41. The summed E-state index contributed by atoms with van der Waals surface area (Å²) in [6.45, 7) is 2.59. The molecular weight excluding hydrogens is 228 g/mol. The highest BCUT2D eigenvalue weighted by atomic mass is 16.5. The van der Waals surface area contributed by atoms with E-state index >= 15 is 0 Å². The summed E-state index contributed by atoms with van der Waals surface area (Å²) in [4.78, 5) is 14.3. The number of nitrogens with two attached hydrogens (primary N) is 1. The van der Waals surface area contributed by atoms with Crippen molar-refractivity contribution in [2.24, 2.45) is 23.5 Å². The number of morpholine rings is 1. The summed E-state index contributed by atoms with van der Waals surface area (Å²) in [5.41, 5.74) is 5.62. The van der Waals surface area contributed by atoms with Crippen LogP contribution in [0.25, 0.3) is 0 Å². The second kappa shape index (κ2) is 5.17. The molecular formula is C14H24N2O2. The summed E-state index contributed by atoms with van der Waals surface area (Å²) in [6.07, 6.45) is 6.24. The van der Waals surface area contributed by atoms with E-state index in [9.17, 15) is 4.79 Å². The number of nitrogens with zero attached hydrogens (tertiary/aromatic N) is 1. The van der Waals surface area contributed by atoms with Crippen LogP contribution in [-0.4, -0.2) is 43.2 Å². The van der Waals surface area contributed by atoms with Crippen LogP contribution in [0.3, 0.4) is 0 Å². The normalized spacial score (nSPS) is 39.3. The van der Waals surface area contributed by atoms with Crippen LogP contribution in [0, 0.1) is 17.8 Å². The molecule has 2 N–H and O–H groups in total. The van der Waals surface area contributed by atoms with Gasteiger partial charge in [0.1, 0.15) is 0 Å². The molecule has 18 heavy (non-hydrogen) atoms. The van der Waals surface area contributed by atoms with Gasteiger partial charge in [-0.2, -0.15) is 0 Å². The van der Waals surface area contributed by atoms with Crippen molar-refractivity contribution in [2.75, 3.05) is 26.2 Å². The quantitative estimate of drug-likeness (QED) is 0.815. The third-order valence-corrected chi connectivity index (χ3v) is 5.08. The summed E-state index contributed by atoms with van der Waals surface area (Å²) >= 11 is 0. The van der Waals surface area contributed by atoms with Crippen molar-refractivity contribution in [2.45, 2.75) is 38.2 Å². The number of hydrogen-bond acceptors (Lipinski definition) is 3. The molecule has 1 aliphatic heterocycles. The van der Waals surface area contributed by atoms with E-state index in [4.69, 9.17) is 10.5 Å². The van der Waals surface area contributed by atoms with Crippen LogP contribution in [0.2, 0.25) is 0 Å². The van der Waals surface area contributed by atoms with Crippen molar-refractivity contribution >= 4 is 5.91 Å². The van der Waals surface area contributed by atoms with Gasteiger partial charge < -0.3 is 15.4 Å². The zero-order chi connectivity index (χ0) is 12.5. The van der Waals surface area contributed by atoms with Gasteiger partial charge in [-0.05, 0) is 37.0 Å². The predicted molar refractivity (Wildman–Crippen MR) is 68.9 cm³/mol. The molecule has 1 amide bonds. The van der Waals surface area contributed by atoms with Crippen LogP contribution >= 0.6 is 0 Å². The van der Waals surface area contributed by atoms with Crippen molar-refractivity contribution < 1.29 is 9.53 Å². The monoisotopic (exact) mass is 252 g/mol. The van der Waals surface area contributed by atoms with Crippen molar-refractivity contribution in [3.8, 4) is 0 Å². The summed E-state index contributed by atoms with van der Waals surface area (Å²) < 4.78 is 5.51. The van der Waals surface area contributed by atoms with Crippen molar-refractivity contribution in [1.29, 1.82) is 0 Å². The average molecular weight is 252 g/mol. The first-order valence-electron chi connectivity index (χ1n) is 7.35. The van der Waals surface area contributed by atoms with Gasteiger partial charge in [-0.15, -0.1) is 0 Å². The second-order valence-corrected chi connectivity index (χ2v) is 6.21. The maximum Gasteiger partial charge on any atom is 0.223 e. The third-order valence-electron chi connectivity index (χ3n) is 5.08. The number of ether oxygens (including phenoxy) is 1. The lowest BCUT2D eigenvalue weighted by Crippen LogP contribution is -2.48. The summed E-state index contributed by atoms with van der Waals surface area (Å²) in [6, 6.07) is 0. The molecule has 3 aliphatic rings. The number of hydrogen-bond donors (Lipinski definition) is 1. The molecule has 0 radical (unpaired) electrons. The Morgan fingerprint density at radius 2 is 2.22 bits per heavy atom. The van der Waals surface area contributed by atoms with E-state index < -0.39 is 0 Å². The highest BCUT2D eigenvalue weighted by molar-refractivity contribution is 5.76. The largest absolute Gasteiger partial charge is 0.373 e. The standard InChI is InChI=1S/C14H24N2O2/c15-8-13-9-16(3-4-18-13)14(17)7-12-6-10-1-2-11(12)5-10/h10-13H,1-9,15H2. The molecule has 0 spiro atoms. The smallest absolute Gasteiger partial charge is 0.223 e. The molecule has 0 aromatic rings. The minimum absolute atomic E-state index is 0.0442. The molecule has 2 bridgehead atoms. The van der Waals surface area contributed by atoms with Gasteiger partial charge in [-0.3, -0.25) is 4.79 Å². The number of carbonyl (C=O) groups excluding carboxylic acids is 1. The molecule has 4 unspecified atom stereocenters. The fourth-order valence-corrected chi connectivity index (χ4v) is 4.07. The lowest BCUT2D eigenvalue weighted by atomic mass is 9.86. The average Bonchev–Trinajstić information content (AvgIpc) is 3.01.